The van der Waals surface area contributed by atoms with Crippen LogP contribution in [0.5, 0.6) is 5.75 Å². The van der Waals surface area contributed by atoms with Gasteiger partial charge in [0.2, 0.25) is 0 Å². The number of aromatic nitrogens is 2. The van der Waals surface area contributed by atoms with Crippen molar-refractivity contribution in [1.29, 1.82) is 0 Å². The highest BCUT2D eigenvalue weighted by molar-refractivity contribution is 6.29. The third-order valence-electron chi connectivity index (χ3n) is 3.39. The Balaban J connectivity index is 2.03. The normalized spacial score (nSPS) is 10.5. The fraction of sp³-hybridized carbons (Fsp3) is 0.111. The number of rotatable bonds is 3. The van der Waals surface area contributed by atoms with Crippen molar-refractivity contribution in [3.05, 3.63) is 65.3 Å². The van der Waals surface area contributed by atoms with Gasteiger partial charge in [0.25, 0.3) is 0 Å². The Bertz CT molecular complexity index is 783. The summed E-state index contributed by atoms with van der Waals surface area (Å²) in [5.74, 6) is 1.40. The van der Waals surface area contributed by atoms with Gasteiger partial charge in [-0.15, -0.1) is 0 Å². The van der Waals surface area contributed by atoms with Crippen LogP contribution in [0.3, 0.4) is 0 Å². The number of benzene rings is 2. The number of aryl methyl sites for hydroxylation is 1. The molecule has 0 spiro atoms. The Morgan fingerprint density at radius 2 is 1.50 bits per heavy atom. The molecule has 3 nitrogen and oxygen atoms in total. The van der Waals surface area contributed by atoms with Crippen molar-refractivity contribution in [2.75, 3.05) is 7.11 Å². The van der Waals surface area contributed by atoms with Crippen molar-refractivity contribution < 1.29 is 4.74 Å². The van der Waals surface area contributed by atoms with Crippen LogP contribution < -0.4 is 4.74 Å². The fourth-order valence-corrected chi connectivity index (χ4v) is 2.34. The second kappa shape index (κ2) is 6.16. The van der Waals surface area contributed by atoms with E-state index in [1.54, 1.807) is 13.2 Å². The summed E-state index contributed by atoms with van der Waals surface area (Å²) in [5, 5.41) is 0.427. The summed E-state index contributed by atoms with van der Waals surface area (Å²) in [4.78, 5) is 8.94. The lowest BCUT2D eigenvalue weighted by atomic mass is 10.1. The van der Waals surface area contributed by atoms with Crippen LogP contribution in [0, 0.1) is 6.92 Å². The van der Waals surface area contributed by atoms with Crippen LogP contribution in [0.2, 0.25) is 5.15 Å². The summed E-state index contributed by atoms with van der Waals surface area (Å²) in [5.41, 5.74) is 3.94. The van der Waals surface area contributed by atoms with Gasteiger partial charge >= 0.3 is 0 Å². The molecule has 0 aliphatic carbocycles. The molecule has 0 unspecified atom stereocenters. The predicted molar refractivity (Wildman–Crippen MR) is 89.2 cm³/mol. The first-order valence-electron chi connectivity index (χ1n) is 6.92. The van der Waals surface area contributed by atoms with E-state index < -0.39 is 0 Å². The van der Waals surface area contributed by atoms with E-state index in [2.05, 4.69) is 29.0 Å². The average Bonchev–Trinajstić information content (AvgIpc) is 2.55. The minimum absolute atomic E-state index is 0.427. The Kier molecular flexibility index (Phi) is 4.07. The largest absolute Gasteiger partial charge is 0.497 e. The van der Waals surface area contributed by atoms with E-state index in [4.69, 9.17) is 16.3 Å². The second-order valence-electron chi connectivity index (χ2n) is 4.99. The minimum Gasteiger partial charge on any atom is -0.497 e. The van der Waals surface area contributed by atoms with Gasteiger partial charge in [-0.3, -0.25) is 0 Å². The molecule has 0 N–H and O–H groups in total. The van der Waals surface area contributed by atoms with Gasteiger partial charge < -0.3 is 4.74 Å². The van der Waals surface area contributed by atoms with Crippen LogP contribution in [0.1, 0.15) is 5.56 Å². The highest BCUT2D eigenvalue weighted by atomic mass is 35.5. The Hall–Kier alpha value is -2.39. The zero-order chi connectivity index (χ0) is 15.5. The molecule has 3 rings (SSSR count). The van der Waals surface area contributed by atoms with Gasteiger partial charge in [-0.25, -0.2) is 9.97 Å². The van der Waals surface area contributed by atoms with Crippen LogP contribution >= 0.6 is 11.6 Å². The number of hydrogen-bond acceptors (Lipinski definition) is 3. The third-order valence-corrected chi connectivity index (χ3v) is 3.58. The molecule has 0 bridgehead atoms. The van der Waals surface area contributed by atoms with E-state index in [0.717, 1.165) is 22.6 Å². The molecule has 4 heteroatoms. The predicted octanol–water partition coefficient (Wildman–Crippen LogP) is 4.78. The SMILES string of the molecule is COc1ccc(-c2nc(Cl)cc(-c3ccc(C)cc3)n2)cc1. The molecule has 1 heterocycles. The maximum atomic E-state index is 6.16. The van der Waals surface area contributed by atoms with Gasteiger partial charge in [-0.05, 0) is 31.2 Å². The van der Waals surface area contributed by atoms with E-state index in [1.165, 1.54) is 5.56 Å². The lowest BCUT2D eigenvalue weighted by molar-refractivity contribution is 0.415. The average molecular weight is 311 g/mol. The maximum absolute atomic E-state index is 6.16. The lowest BCUT2D eigenvalue weighted by Crippen LogP contribution is -1.93. The summed E-state index contributed by atoms with van der Waals surface area (Å²) in [6.45, 7) is 2.06. The Labute approximate surface area is 134 Å². The third kappa shape index (κ3) is 3.10. The summed E-state index contributed by atoms with van der Waals surface area (Å²) >= 11 is 6.16. The standard InChI is InChI=1S/C18H15ClN2O/c1-12-3-5-13(6-4-12)16-11-17(19)21-18(20-16)14-7-9-15(22-2)10-8-14/h3-11H,1-2H3. The second-order valence-corrected chi connectivity index (χ2v) is 5.38. The van der Waals surface area contributed by atoms with Crippen LogP contribution in [0.25, 0.3) is 22.6 Å². The van der Waals surface area contributed by atoms with Crippen molar-refractivity contribution >= 4 is 11.6 Å². The number of methoxy groups -OCH3 is 1. The van der Waals surface area contributed by atoms with Gasteiger partial charge in [0.15, 0.2) is 5.82 Å². The van der Waals surface area contributed by atoms with Crippen molar-refractivity contribution in [1.82, 2.24) is 9.97 Å². The van der Waals surface area contributed by atoms with Crippen LogP contribution in [0.4, 0.5) is 0 Å². The molecule has 0 radical (unpaired) electrons. The number of nitrogens with zero attached hydrogens (tertiary/aromatic N) is 2. The quantitative estimate of drug-likeness (QED) is 0.653. The van der Waals surface area contributed by atoms with Crippen LogP contribution in [0.15, 0.2) is 54.6 Å². The number of halogens is 1. The molecule has 0 saturated carbocycles. The molecule has 2 aromatic carbocycles. The van der Waals surface area contributed by atoms with Gasteiger partial charge in [0, 0.05) is 17.2 Å². The molecular weight excluding hydrogens is 296 g/mol. The summed E-state index contributed by atoms with van der Waals surface area (Å²) in [7, 11) is 1.64. The smallest absolute Gasteiger partial charge is 0.161 e. The number of hydrogen-bond donors (Lipinski definition) is 0. The lowest BCUT2D eigenvalue weighted by Gasteiger charge is -2.07. The molecule has 1 aromatic heterocycles. The molecule has 3 aromatic rings. The monoisotopic (exact) mass is 310 g/mol. The van der Waals surface area contributed by atoms with E-state index in [-0.39, 0.29) is 0 Å². The molecule has 0 atom stereocenters. The van der Waals surface area contributed by atoms with Crippen LogP contribution in [-0.2, 0) is 0 Å². The summed E-state index contributed by atoms with van der Waals surface area (Å²) < 4.78 is 5.17. The molecule has 0 saturated heterocycles. The highest BCUT2D eigenvalue weighted by Crippen LogP contribution is 2.25. The molecule has 0 aliphatic rings. The first kappa shape index (κ1) is 14.5. The minimum atomic E-state index is 0.427. The molecule has 22 heavy (non-hydrogen) atoms. The van der Waals surface area contributed by atoms with Gasteiger partial charge in [-0.1, -0.05) is 41.4 Å². The van der Waals surface area contributed by atoms with Crippen molar-refractivity contribution in [3.8, 4) is 28.4 Å². The molecule has 110 valence electrons. The number of ether oxygens (including phenoxy) is 1. The zero-order valence-corrected chi connectivity index (χ0v) is 13.1. The maximum Gasteiger partial charge on any atom is 0.161 e. The van der Waals surface area contributed by atoms with E-state index in [9.17, 15) is 0 Å². The van der Waals surface area contributed by atoms with Gasteiger partial charge in [0.1, 0.15) is 10.9 Å². The first-order valence-corrected chi connectivity index (χ1v) is 7.29. The van der Waals surface area contributed by atoms with Crippen molar-refractivity contribution in [3.63, 3.8) is 0 Å². The van der Waals surface area contributed by atoms with Crippen molar-refractivity contribution in [2.45, 2.75) is 6.92 Å². The summed E-state index contributed by atoms with van der Waals surface area (Å²) in [6.07, 6.45) is 0. The topological polar surface area (TPSA) is 35.0 Å². The van der Waals surface area contributed by atoms with Crippen LogP contribution in [-0.4, -0.2) is 17.1 Å². The Morgan fingerprint density at radius 1 is 0.864 bits per heavy atom. The Morgan fingerprint density at radius 3 is 2.14 bits per heavy atom. The molecule has 0 fully saturated rings. The summed E-state index contributed by atoms with van der Waals surface area (Å²) in [6, 6.07) is 17.6. The zero-order valence-electron chi connectivity index (χ0n) is 12.4. The molecule has 0 amide bonds. The fourth-order valence-electron chi connectivity index (χ4n) is 2.16. The van der Waals surface area contributed by atoms with E-state index in [1.807, 2.05) is 36.4 Å². The molecule has 0 aliphatic heterocycles. The van der Waals surface area contributed by atoms with Gasteiger partial charge in [-0.2, -0.15) is 0 Å². The molecular formula is C18H15ClN2O. The first-order chi connectivity index (χ1) is 10.7. The van der Waals surface area contributed by atoms with E-state index in [0.29, 0.717) is 11.0 Å². The van der Waals surface area contributed by atoms with E-state index >= 15 is 0 Å². The van der Waals surface area contributed by atoms with Crippen molar-refractivity contribution in [2.24, 2.45) is 0 Å². The van der Waals surface area contributed by atoms with Gasteiger partial charge in [0.05, 0.1) is 12.8 Å². The highest BCUT2D eigenvalue weighted by Gasteiger charge is 2.08.